The number of aliphatic hydroxyl groups excluding tert-OH is 1. The van der Waals surface area contributed by atoms with Crippen LogP contribution in [0.1, 0.15) is 18.0 Å². The summed E-state index contributed by atoms with van der Waals surface area (Å²) in [5.41, 5.74) is 5.59. The van der Waals surface area contributed by atoms with E-state index in [2.05, 4.69) is 0 Å². The summed E-state index contributed by atoms with van der Waals surface area (Å²) >= 11 is 0. The molecule has 4 nitrogen and oxygen atoms in total. The lowest BCUT2D eigenvalue weighted by atomic mass is 10.0. The summed E-state index contributed by atoms with van der Waals surface area (Å²) in [6.07, 6.45) is 0.178. The fraction of sp³-hybridized carbons (Fsp3) is 0.400. The second-order valence-corrected chi connectivity index (χ2v) is 3.13. The summed E-state index contributed by atoms with van der Waals surface area (Å²) in [7, 11) is 1.37. The topological polar surface area (TPSA) is 75.7 Å². The Hall–Kier alpha value is -1.33. The van der Waals surface area contributed by atoms with Gasteiger partial charge in [0.25, 0.3) is 0 Å². The van der Waals surface area contributed by atoms with Crippen LogP contribution in [0.25, 0.3) is 0 Å². The number of rotatable bonds is 4. The predicted octanol–water partition coefficient (Wildman–Crippen LogP) is 0.922. The highest BCUT2D eigenvalue weighted by atomic mass is 19.1. The molecule has 0 aliphatic rings. The zero-order valence-electron chi connectivity index (χ0n) is 8.40. The molecule has 0 aliphatic carbocycles. The maximum absolute atomic E-state index is 13.4. The van der Waals surface area contributed by atoms with E-state index in [1.165, 1.54) is 19.2 Å². The summed E-state index contributed by atoms with van der Waals surface area (Å²) in [5, 5.41) is 18.3. The van der Waals surface area contributed by atoms with Crippen LogP contribution in [0.3, 0.4) is 0 Å². The number of aromatic hydroxyl groups is 1. The largest absolute Gasteiger partial charge is 0.504 e. The van der Waals surface area contributed by atoms with Gasteiger partial charge in [-0.1, -0.05) is 0 Å². The third kappa shape index (κ3) is 2.37. The van der Waals surface area contributed by atoms with Crippen LogP contribution in [0, 0.1) is 5.82 Å². The number of ether oxygens (including phenoxy) is 1. The fourth-order valence-corrected chi connectivity index (χ4v) is 1.36. The molecule has 1 aromatic rings. The molecule has 0 amide bonds. The van der Waals surface area contributed by atoms with Gasteiger partial charge in [-0.25, -0.2) is 4.39 Å². The van der Waals surface area contributed by atoms with E-state index in [-0.39, 0.29) is 30.1 Å². The lowest BCUT2D eigenvalue weighted by molar-refractivity contribution is 0.273. The van der Waals surface area contributed by atoms with Crippen molar-refractivity contribution < 1.29 is 19.3 Å². The van der Waals surface area contributed by atoms with E-state index in [4.69, 9.17) is 15.6 Å². The van der Waals surface area contributed by atoms with E-state index in [9.17, 15) is 9.50 Å². The van der Waals surface area contributed by atoms with Crippen molar-refractivity contribution in [1.82, 2.24) is 0 Å². The molecule has 0 saturated heterocycles. The molecule has 1 unspecified atom stereocenters. The minimum absolute atomic E-state index is 0.0246. The van der Waals surface area contributed by atoms with Gasteiger partial charge in [-0.2, -0.15) is 0 Å². The van der Waals surface area contributed by atoms with Gasteiger partial charge in [0.05, 0.1) is 12.7 Å². The molecule has 4 N–H and O–H groups in total. The van der Waals surface area contributed by atoms with E-state index in [0.717, 1.165) is 0 Å². The Morgan fingerprint density at radius 3 is 2.73 bits per heavy atom. The summed E-state index contributed by atoms with van der Waals surface area (Å²) < 4.78 is 18.2. The van der Waals surface area contributed by atoms with E-state index in [1.54, 1.807) is 0 Å². The predicted molar refractivity (Wildman–Crippen MR) is 53.2 cm³/mol. The lowest BCUT2D eigenvalue weighted by Crippen LogP contribution is -2.14. The zero-order chi connectivity index (χ0) is 11.4. The molecular weight excluding hydrogens is 201 g/mol. The van der Waals surface area contributed by atoms with Crippen LogP contribution in [-0.2, 0) is 0 Å². The van der Waals surface area contributed by atoms with Gasteiger partial charge in [-0.15, -0.1) is 0 Å². The molecule has 1 aromatic carbocycles. The first-order valence-electron chi connectivity index (χ1n) is 4.53. The maximum Gasteiger partial charge on any atom is 0.165 e. The van der Waals surface area contributed by atoms with Crippen LogP contribution >= 0.6 is 0 Å². The molecule has 84 valence electrons. The minimum atomic E-state index is -0.745. The number of hydrogen-bond acceptors (Lipinski definition) is 4. The Labute approximate surface area is 87.1 Å². The maximum atomic E-state index is 13.4. The standard InChI is InChI=1S/C10H14FNO3/c1-15-8-3-2-6(11)9(10(8)14)7(12)4-5-13/h2-3,7,13-14H,4-5,12H2,1H3. The van der Waals surface area contributed by atoms with E-state index < -0.39 is 11.9 Å². The van der Waals surface area contributed by atoms with E-state index in [1.807, 2.05) is 0 Å². The molecule has 0 radical (unpaired) electrons. The van der Waals surface area contributed by atoms with E-state index >= 15 is 0 Å². The molecule has 1 rings (SSSR count). The van der Waals surface area contributed by atoms with E-state index in [0.29, 0.717) is 0 Å². The summed E-state index contributed by atoms with van der Waals surface area (Å²) in [6, 6.07) is 1.75. The number of halogens is 1. The molecule has 0 heterocycles. The van der Waals surface area contributed by atoms with Crippen molar-refractivity contribution in [3.05, 3.63) is 23.5 Å². The Kier molecular flexibility index (Phi) is 3.88. The zero-order valence-corrected chi connectivity index (χ0v) is 8.40. The van der Waals surface area contributed by atoms with Crippen molar-refractivity contribution in [3.8, 4) is 11.5 Å². The molecule has 0 aromatic heterocycles. The third-order valence-corrected chi connectivity index (χ3v) is 2.16. The van der Waals surface area contributed by atoms with Crippen LogP contribution in [-0.4, -0.2) is 23.9 Å². The van der Waals surface area contributed by atoms with Crippen molar-refractivity contribution in [2.75, 3.05) is 13.7 Å². The number of phenolic OH excluding ortho intramolecular Hbond substituents is 1. The Morgan fingerprint density at radius 1 is 1.53 bits per heavy atom. The van der Waals surface area contributed by atoms with Crippen molar-refractivity contribution in [3.63, 3.8) is 0 Å². The molecule has 0 bridgehead atoms. The van der Waals surface area contributed by atoms with Crippen LogP contribution in [0.5, 0.6) is 11.5 Å². The summed E-state index contributed by atoms with van der Waals surface area (Å²) in [4.78, 5) is 0. The summed E-state index contributed by atoms with van der Waals surface area (Å²) in [5.74, 6) is -0.743. The van der Waals surface area contributed by atoms with Gasteiger partial charge < -0.3 is 20.7 Å². The molecule has 0 spiro atoms. The van der Waals surface area contributed by atoms with Gasteiger partial charge in [0, 0.05) is 12.6 Å². The second kappa shape index (κ2) is 4.95. The molecule has 1 atom stereocenters. The number of hydrogen-bond donors (Lipinski definition) is 3. The molecule has 0 saturated carbocycles. The monoisotopic (exact) mass is 215 g/mol. The van der Waals surface area contributed by atoms with Gasteiger partial charge in [0.2, 0.25) is 0 Å². The Morgan fingerprint density at radius 2 is 2.20 bits per heavy atom. The van der Waals surface area contributed by atoms with Crippen molar-refractivity contribution in [2.24, 2.45) is 5.73 Å². The molecular formula is C10H14FNO3. The first kappa shape index (κ1) is 11.7. The quantitative estimate of drug-likeness (QED) is 0.698. The number of phenols is 1. The Bertz CT molecular complexity index is 344. The van der Waals surface area contributed by atoms with Crippen LogP contribution in [0.4, 0.5) is 4.39 Å². The number of methoxy groups -OCH3 is 1. The summed E-state index contributed by atoms with van der Waals surface area (Å²) in [6.45, 7) is -0.169. The fourth-order valence-electron chi connectivity index (χ4n) is 1.36. The molecule has 0 fully saturated rings. The normalized spacial score (nSPS) is 12.5. The van der Waals surface area contributed by atoms with Crippen molar-refractivity contribution in [1.29, 1.82) is 0 Å². The smallest absolute Gasteiger partial charge is 0.165 e. The number of nitrogens with two attached hydrogens (primary N) is 1. The third-order valence-electron chi connectivity index (χ3n) is 2.16. The Balaban J connectivity index is 3.14. The highest BCUT2D eigenvalue weighted by molar-refractivity contribution is 5.47. The molecule has 0 aliphatic heterocycles. The van der Waals surface area contributed by atoms with Gasteiger partial charge in [-0.05, 0) is 18.6 Å². The van der Waals surface area contributed by atoms with Crippen molar-refractivity contribution in [2.45, 2.75) is 12.5 Å². The first-order valence-corrected chi connectivity index (χ1v) is 4.53. The highest BCUT2D eigenvalue weighted by Crippen LogP contribution is 2.35. The number of benzene rings is 1. The SMILES string of the molecule is COc1ccc(F)c(C(N)CCO)c1O. The van der Waals surface area contributed by atoms with Crippen molar-refractivity contribution >= 4 is 0 Å². The van der Waals surface area contributed by atoms with Gasteiger partial charge in [0.1, 0.15) is 5.82 Å². The number of aliphatic hydroxyl groups is 1. The van der Waals surface area contributed by atoms with Crippen LogP contribution < -0.4 is 10.5 Å². The molecule has 15 heavy (non-hydrogen) atoms. The van der Waals surface area contributed by atoms with Gasteiger partial charge in [0.15, 0.2) is 11.5 Å². The minimum Gasteiger partial charge on any atom is -0.504 e. The lowest BCUT2D eigenvalue weighted by Gasteiger charge is -2.15. The molecule has 5 heteroatoms. The van der Waals surface area contributed by atoms with Gasteiger partial charge >= 0.3 is 0 Å². The highest BCUT2D eigenvalue weighted by Gasteiger charge is 2.19. The second-order valence-electron chi connectivity index (χ2n) is 3.13. The van der Waals surface area contributed by atoms with Crippen LogP contribution in [0.2, 0.25) is 0 Å². The van der Waals surface area contributed by atoms with Crippen LogP contribution in [0.15, 0.2) is 12.1 Å². The average Bonchev–Trinajstić information content (AvgIpc) is 2.18. The first-order chi connectivity index (χ1) is 7.11. The average molecular weight is 215 g/mol. The van der Waals surface area contributed by atoms with Gasteiger partial charge in [-0.3, -0.25) is 0 Å².